The van der Waals surface area contributed by atoms with Crippen LogP contribution < -0.4 is 21.5 Å². The van der Waals surface area contributed by atoms with E-state index in [-0.39, 0.29) is 36.0 Å². The number of nitrogens with zero attached hydrogens (tertiary/aromatic N) is 1. The number of anilines is 2. The molecule has 3 atom stereocenters. The molecule has 0 aliphatic heterocycles. The summed E-state index contributed by atoms with van der Waals surface area (Å²) in [5, 5.41) is 8.46. The van der Waals surface area contributed by atoms with Crippen molar-refractivity contribution in [2.45, 2.75) is 18.9 Å². The molecular weight excluding hydrogens is 475 g/mol. The first-order valence-corrected chi connectivity index (χ1v) is 11.3. The van der Waals surface area contributed by atoms with Crippen LogP contribution in [0.5, 0.6) is 0 Å². The highest BCUT2D eigenvalue weighted by atomic mass is 35.5. The van der Waals surface area contributed by atoms with Crippen molar-refractivity contribution in [3.05, 3.63) is 88.1 Å². The lowest BCUT2D eigenvalue weighted by molar-refractivity contribution is -0.128. The number of halogens is 2. The third-order valence-corrected chi connectivity index (χ3v) is 6.21. The van der Waals surface area contributed by atoms with Crippen LogP contribution in [0.4, 0.5) is 15.8 Å². The number of amides is 3. The number of aromatic nitrogens is 1. The Bertz CT molecular complexity index is 1310. The van der Waals surface area contributed by atoms with Gasteiger partial charge in [0.2, 0.25) is 18.2 Å². The van der Waals surface area contributed by atoms with Gasteiger partial charge in [-0.3, -0.25) is 23.7 Å². The van der Waals surface area contributed by atoms with Crippen molar-refractivity contribution in [3.8, 4) is 5.69 Å². The third-order valence-electron chi connectivity index (χ3n) is 5.96. The van der Waals surface area contributed by atoms with E-state index in [2.05, 4.69) is 16.0 Å². The molecular formula is C25H22ClFN4O4. The molecule has 10 heteroatoms. The maximum atomic E-state index is 14.8. The van der Waals surface area contributed by atoms with Gasteiger partial charge in [-0.05, 0) is 55.3 Å². The van der Waals surface area contributed by atoms with E-state index in [1.165, 1.54) is 29.0 Å². The van der Waals surface area contributed by atoms with Gasteiger partial charge in [-0.1, -0.05) is 17.7 Å². The minimum absolute atomic E-state index is 0.0774. The molecule has 1 heterocycles. The Morgan fingerprint density at radius 1 is 0.971 bits per heavy atom. The van der Waals surface area contributed by atoms with Crippen LogP contribution in [0.15, 0.2) is 71.7 Å². The number of nitrogens with one attached hydrogen (secondary N) is 3. The van der Waals surface area contributed by atoms with Gasteiger partial charge in [0.05, 0.1) is 23.2 Å². The summed E-state index contributed by atoms with van der Waals surface area (Å²) in [4.78, 5) is 49.0. The van der Waals surface area contributed by atoms with Gasteiger partial charge in [0, 0.05) is 35.1 Å². The number of carbonyl (C=O) groups excluding carboxylic acids is 3. The first-order valence-electron chi connectivity index (χ1n) is 10.9. The van der Waals surface area contributed by atoms with Gasteiger partial charge in [0.25, 0.3) is 5.56 Å². The number of pyridine rings is 1. The largest absolute Gasteiger partial charge is 0.356 e. The number of rotatable bonds is 7. The summed E-state index contributed by atoms with van der Waals surface area (Å²) in [5.41, 5.74) is 0.426. The number of benzene rings is 2. The molecule has 1 aromatic heterocycles. The Morgan fingerprint density at radius 2 is 1.66 bits per heavy atom. The van der Waals surface area contributed by atoms with E-state index in [4.69, 9.17) is 11.6 Å². The summed E-state index contributed by atoms with van der Waals surface area (Å²) in [5.74, 6) is -3.19. The van der Waals surface area contributed by atoms with Crippen LogP contribution in [0.25, 0.3) is 5.69 Å². The van der Waals surface area contributed by atoms with Gasteiger partial charge in [-0.15, -0.1) is 0 Å². The van der Waals surface area contributed by atoms with E-state index in [9.17, 15) is 23.6 Å². The van der Waals surface area contributed by atoms with Gasteiger partial charge in [0.15, 0.2) is 0 Å². The Kier molecular flexibility index (Phi) is 7.26. The van der Waals surface area contributed by atoms with Crippen LogP contribution >= 0.6 is 11.6 Å². The monoisotopic (exact) mass is 496 g/mol. The second-order valence-electron chi connectivity index (χ2n) is 8.22. The van der Waals surface area contributed by atoms with Crippen molar-refractivity contribution < 1.29 is 18.8 Å². The van der Waals surface area contributed by atoms with E-state index in [1.54, 1.807) is 36.4 Å². The van der Waals surface area contributed by atoms with Crippen LogP contribution in [-0.2, 0) is 14.4 Å². The van der Waals surface area contributed by atoms with E-state index >= 15 is 0 Å². The molecule has 1 unspecified atom stereocenters. The summed E-state index contributed by atoms with van der Waals surface area (Å²) in [6, 6.07) is 14.8. The average molecular weight is 497 g/mol. The SMILES string of the molecule is O=CNC1C[C@H](C(=O)Nc2ccc(Cl)cc2)[C@@H](C(=O)Nc2ccc(-n3ccccc3=O)cc2F)C1. The van der Waals surface area contributed by atoms with Gasteiger partial charge >= 0.3 is 0 Å². The topological polar surface area (TPSA) is 109 Å². The first-order chi connectivity index (χ1) is 16.9. The van der Waals surface area contributed by atoms with Crippen LogP contribution in [0.1, 0.15) is 12.8 Å². The molecule has 0 spiro atoms. The van der Waals surface area contributed by atoms with Gasteiger partial charge in [-0.25, -0.2) is 4.39 Å². The molecule has 35 heavy (non-hydrogen) atoms. The minimum atomic E-state index is -0.796. The second kappa shape index (κ2) is 10.5. The minimum Gasteiger partial charge on any atom is -0.356 e. The Hall–Kier alpha value is -3.98. The lowest BCUT2D eigenvalue weighted by Crippen LogP contribution is -2.33. The van der Waals surface area contributed by atoms with Gasteiger partial charge < -0.3 is 16.0 Å². The second-order valence-corrected chi connectivity index (χ2v) is 8.66. The highest BCUT2D eigenvalue weighted by Crippen LogP contribution is 2.34. The van der Waals surface area contributed by atoms with Crippen molar-refractivity contribution in [1.82, 2.24) is 9.88 Å². The summed E-state index contributed by atoms with van der Waals surface area (Å²) in [7, 11) is 0. The van der Waals surface area contributed by atoms with E-state index in [1.807, 2.05) is 0 Å². The molecule has 180 valence electrons. The van der Waals surface area contributed by atoms with Crippen molar-refractivity contribution in [2.75, 3.05) is 10.6 Å². The molecule has 1 saturated carbocycles. The molecule has 0 radical (unpaired) electrons. The number of hydrogen-bond donors (Lipinski definition) is 3. The predicted molar refractivity (Wildman–Crippen MR) is 130 cm³/mol. The molecule has 3 N–H and O–H groups in total. The maximum Gasteiger partial charge on any atom is 0.255 e. The van der Waals surface area contributed by atoms with Crippen molar-refractivity contribution in [1.29, 1.82) is 0 Å². The fourth-order valence-corrected chi connectivity index (χ4v) is 4.37. The molecule has 8 nitrogen and oxygen atoms in total. The lowest BCUT2D eigenvalue weighted by Gasteiger charge is -2.19. The number of hydrogen-bond acceptors (Lipinski definition) is 4. The summed E-state index contributed by atoms with van der Waals surface area (Å²) in [6.45, 7) is 0. The summed E-state index contributed by atoms with van der Waals surface area (Å²) < 4.78 is 16.1. The van der Waals surface area contributed by atoms with Crippen molar-refractivity contribution >= 4 is 41.2 Å². The first kappa shape index (κ1) is 24.2. The normalized spacial score (nSPS) is 19.1. The molecule has 1 aliphatic carbocycles. The molecule has 1 aliphatic rings. The average Bonchev–Trinajstić information content (AvgIpc) is 3.27. The predicted octanol–water partition coefficient (Wildman–Crippen LogP) is 3.35. The van der Waals surface area contributed by atoms with Crippen LogP contribution in [-0.4, -0.2) is 28.8 Å². The Labute approximate surface area is 205 Å². The molecule has 0 bridgehead atoms. The Balaban J connectivity index is 1.51. The summed E-state index contributed by atoms with van der Waals surface area (Å²) >= 11 is 5.88. The summed E-state index contributed by atoms with van der Waals surface area (Å²) in [6.07, 6.45) is 2.53. The van der Waals surface area contributed by atoms with Crippen molar-refractivity contribution in [2.24, 2.45) is 11.8 Å². The fourth-order valence-electron chi connectivity index (χ4n) is 4.24. The zero-order valence-electron chi connectivity index (χ0n) is 18.4. The van der Waals surface area contributed by atoms with Crippen LogP contribution in [0.3, 0.4) is 0 Å². The molecule has 2 aromatic carbocycles. The molecule has 3 amide bonds. The van der Waals surface area contributed by atoms with Gasteiger partial charge in [0.1, 0.15) is 5.82 Å². The lowest BCUT2D eigenvalue weighted by atomic mass is 9.94. The van der Waals surface area contributed by atoms with E-state index < -0.39 is 23.6 Å². The molecule has 1 fully saturated rings. The van der Waals surface area contributed by atoms with Crippen molar-refractivity contribution in [3.63, 3.8) is 0 Å². The van der Waals surface area contributed by atoms with E-state index in [0.29, 0.717) is 22.8 Å². The quantitative estimate of drug-likeness (QED) is 0.436. The van der Waals surface area contributed by atoms with Crippen LogP contribution in [0, 0.1) is 17.7 Å². The molecule has 4 rings (SSSR count). The zero-order valence-corrected chi connectivity index (χ0v) is 19.2. The third kappa shape index (κ3) is 5.58. The smallest absolute Gasteiger partial charge is 0.255 e. The van der Waals surface area contributed by atoms with Crippen LogP contribution in [0.2, 0.25) is 5.02 Å². The fraction of sp³-hybridized carbons (Fsp3) is 0.200. The van der Waals surface area contributed by atoms with E-state index in [0.717, 1.165) is 6.07 Å². The zero-order chi connectivity index (χ0) is 24.9. The van der Waals surface area contributed by atoms with Gasteiger partial charge in [-0.2, -0.15) is 0 Å². The molecule has 3 aromatic rings. The maximum absolute atomic E-state index is 14.8. The Morgan fingerprint density at radius 3 is 2.29 bits per heavy atom. The number of carbonyl (C=O) groups is 3. The highest BCUT2D eigenvalue weighted by Gasteiger charge is 2.43. The standard InChI is InChI=1S/C25H22ClFN4O4/c26-15-4-6-16(7-5-15)29-24(34)19-11-17(28-14-32)12-20(19)25(35)30-22-9-8-18(13-21(22)27)31-10-2-1-3-23(31)33/h1-10,13-14,17,19-20H,11-12H2,(H,28,32)(H,29,34)(H,30,35)/t17?,19-,20-/m0/s1. The molecule has 0 saturated heterocycles. The highest BCUT2D eigenvalue weighted by molar-refractivity contribution is 6.30.